The van der Waals surface area contributed by atoms with E-state index in [-0.39, 0.29) is 5.91 Å². The molecule has 1 N–H and O–H groups in total. The summed E-state index contributed by atoms with van der Waals surface area (Å²) in [5, 5.41) is 2.89. The van der Waals surface area contributed by atoms with Gasteiger partial charge in [0.1, 0.15) is 5.76 Å². The van der Waals surface area contributed by atoms with Crippen molar-refractivity contribution in [1.82, 2.24) is 0 Å². The average Bonchev–Trinajstić information content (AvgIpc) is 3.36. The van der Waals surface area contributed by atoms with Crippen LogP contribution in [0.4, 0.5) is 5.69 Å². The van der Waals surface area contributed by atoms with Crippen molar-refractivity contribution in [3.63, 3.8) is 0 Å². The Morgan fingerprint density at radius 2 is 1.84 bits per heavy atom. The van der Waals surface area contributed by atoms with E-state index in [1.54, 1.807) is 24.5 Å². The van der Waals surface area contributed by atoms with Gasteiger partial charge in [-0.05, 0) is 65.8 Å². The number of hydrogen-bond acceptors (Lipinski definition) is 2. The molecule has 1 aromatic heterocycles. The van der Waals surface area contributed by atoms with E-state index in [9.17, 15) is 4.79 Å². The molecular weight excluding hydrogens is 310 g/mol. The quantitative estimate of drug-likeness (QED) is 0.630. The fourth-order valence-electron chi connectivity index (χ4n) is 2.87. The van der Waals surface area contributed by atoms with Crippen molar-refractivity contribution in [2.45, 2.75) is 18.8 Å². The smallest absolute Gasteiger partial charge is 0.248 e. The maximum atomic E-state index is 12.0. The van der Waals surface area contributed by atoms with Crippen molar-refractivity contribution in [3.8, 4) is 11.1 Å². The first-order chi connectivity index (χ1) is 12.3. The molecule has 0 radical (unpaired) electrons. The van der Waals surface area contributed by atoms with Crippen LogP contribution in [0.25, 0.3) is 17.2 Å². The summed E-state index contributed by atoms with van der Waals surface area (Å²) in [6.07, 6.45) is 7.32. The van der Waals surface area contributed by atoms with Crippen LogP contribution in [0.15, 0.2) is 77.4 Å². The van der Waals surface area contributed by atoms with Crippen molar-refractivity contribution in [2.75, 3.05) is 5.32 Å². The molecule has 0 unspecified atom stereocenters. The second-order valence-electron chi connectivity index (χ2n) is 6.32. The lowest BCUT2D eigenvalue weighted by Crippen LogP contribution is -2.07. The molecule has 2 aromatic carbocycles. The Bertz CT molecular complexity index is 888. The minimum absolute atomic E-state index is 0.183. The van der Waals surface area contributed by atoms with Crippen LogP contribution in [0, 0.1) is 0 Å². The first kappa shape index (κ1) is 15.5. The second-order valence-corrected chi connectivity index (χ2v) is 6.32. The number of furan rings is 1. The summed E-state index contributed by atoms with van der Waals surface area (Å²) in [5.41, 5.74) is 4.45. The molecular formula is C22H19NO2. The van der Waals surface area contributed by atoms with Crippen LogP contribution >= 0.6 is 0 Å². The van der Waals surface area contributed by atoms with Gasteiger partial charge in [-0.3, -0.25) is 4.79 Å². The summed E-state index contributed by atoms with van der Waals surface area (Å²) in [7, 11) is 0. The summed E-state index contributed by atoms with van der Waals surface area (Å²) >= 11 is 0. The predicted octanol–water partition coefficient (Wildman–Crippen LogP) is 5.48. The van der Waals surface area contributed by atoms with Gasteiger partial charge in [-0.1, -0.05) is 36.4 Å². The summed E-state index contributed by atoms with van der Waals surface area (Å²) in [6, 6.07) is 20.2. The van der Waals surface area contributed by atoms with Gasteiger partial charge >= 0.3 is 0 Å². The highest BCUT2D eigenvalue weighted by atomic mass is 16.3. The molecule has 1 amide bonds. The normalized spacial score (nSPS) is 13.9. The maximum Gasteiger partial charge on any atom is 0.248 e. The lowest BCUT2D eigenvalue weighted by atomic mass is 10.0. The topological polar surface area (TPSA) is 42.2 Å². The fraction of sp³-hybridized carbons (Fsp3) is 0.136. The monoisotopic (exact) mass is 329 g/mol. The Morgan fingerprint density at radius 1 is 1.00 bits per heavy atom. The Hall–Kier alpha value is -3.07. The molecule has 124 valence electrons. The van der Waals surface area contributed by atoms with Crippen molar-refractivity contribution >= 4 is 17.7 Å². The molecule has 3 aromatic rings. The van der Waals surface area contributed by atoms with Crippen LogP contribution in [0.3, 0.4) is 0 Å². The molecule has 1 saturated carbocycles. The largest absolute Gasteiger partial charge is 0.465 e. The Kier molecular flexibility index (Phi) is 4.21. The van der Waals surface area contributed by atoms with E-state index in [0.29, 0.717) is 5.76 Å². The Labute approximate surface area is 147 Å². The van der Waals surface area contributed by atoms with Crippen LogP contribution in [-0.4, -0.2) is 5.91 Å². The van der Waals surface area contributed by atoms with Crippen LogP contribution in [-0.2, 0) is 4.79 Å². The summed E-state index contributed by atoms with van der Waals surface area (Å²) in [6.45, 7) is 0. The molecule has 1 fully saturated rings. The lowest BCUT2D eigenvalue weighted by molar-refractivity contribution is -0.111. The summed E-state index contributed by atoms with van der Waals surface area (Å²) in [5.74, 6) is 1.23. The standard InChI is InChI=1S/C22H19NO2/c24-22(13-12-21-5-2-14-25-21)23-20-4-1-3-19(15-20)18-10-8-17(9-11-18)16-6-7-16/h1-5,8-16H,6-7H2,(H,23,24)/b13-12+. The molecule has 3 heteroatoms. The van der Waals surface area contributed by atoms with Gasteiger partial charge in [-0.2, -0.15) is 0 Å². The predicted molar refractivity (Wildman–Crippen MR) is 100 cm³/mol. The third kappa shape index (κ3) is 3.89. The molecule has 0 bridgehead atoms. The number of benzene rings is 2. The number of rotatable bonds is 5. The zero-order valence-electron chi connectivity index (χ0n) is 13.8. The third-order valence-corrected chi connectivity index (χ3v) is 4.37. The minimum atomic E-state index is -0.183. The van der Waals surface area contributed by atoms with Gasteiger partial charge in [0.25, 0.3) is 0 Å². The number of hydrogen-bond donors (Lipinski definition) is 1. The number of anilines is 1. The fourth-order valence-corrected chi connectivity index (χ4v) is 2.87. The number of nitrogens with one attached hydrogen (secondary N) is 1. The van der Waals surface area contributed by atoms with Crippen LogP contribution in [0.1, 0.15) is 30.1 Å². The highest BCUT2D eigenvalue weighted by Crippen LogP contribution is 2.40. The van der Waals surface area contributed by atoms with Crippen LogP contribution < -0.4 is 5.32 Å². The number of amides is 1. The van der Waals surface area contributed by atoms with Crippen molar-refractivity contribution in [2.24, 2.45) is 0 Å². The zero-order chi connectivity index (χ0) is 17.1. The second kappa shape index (κ2) is 6.81. The molecule has 0 spiro atoms. The Morgan fingerprint density at radius 3 is 2.56 bits per heavy atom. The molecule has 1 aliphatic carbocycles. The number of carbonyl (C=O) groups excluding carboxylic acids is 1. The van der Waals surface area contributed by atoms with E-state index in [1.807, 2.05) is 18.2 Å². The van der Waals surface area contributed by atoms with E-state index >= 15 is 0 Å². The van der Waals surface area contributed by atoms with Crippen LogP contribution in [0.2, 0.25) is 0 Å². The minimum Gasteiger partial charge on any atom is -0.465 e. The van der Waals surface area contributed by atoms with E-state index in [0.717, 1.165) is 22.7 Å². The van der Waals surface area contributed by atoms with Gasteiger partial charge in [-0.15, -0.1) is 0 Å². The van der Waals surface area contributed by atoms with E-state index < -0.39 is 0 Å². The van der Waals surface area contributed by atoms with Crippen LogP contribution in [0.5, 0.6) is 0 Å². The highest BCUT2D eigenvalue weighted by molar-refractivity contribution is 6.02. The first-order valence-electron chi connectivity index (χ1n) is 8.51. The van der Waals surface area contributed by atoms with Gasteiger partial charge < -0.3 is 9.73 Å². The van der Waals surface area contributed by atoms with Gasteiger partial charge in [-0.25, -0.2) is 0 Å². The zero-order valence-corrected chi connectivity index (χ0v) is 13.8. The van der Waals surface area contributed by atoms with Gasteiger partial charge in [0.15, 0.2) is 0 Å². The van der Waals surface area contributed by atoms with E-state index in [1.165, 1.54) is 24.5 Å². The molecule has 25 heavy (non-hydrogen) atoms. The van der Waals surface area contributed by atoms with Gasteiger partial charge in [0.2, 0.25) is 5.91 Å². The van der Waals surface area contributed by atoms with Gasteiger partial charge in [0, 0.05) is 11.8 Å². The lowest BCUT2D eigenvalue weighted by Gasteiger charge is -2.07. The maximum absolute atomic E-state index is 12.0. The molecule has 1 heterocycles. The summed E-state index contributed by atoms with van der Waals surface area (Å²) < 4.78 is 5.18. The van der Waals surface area contributed by atoms with Crippen molar-refractivity contribution < 1.29 is 9.21 Å². The molecule has 0 atom stereocenters. The van der Waals surface area contributed by atoms with E-state index in [2.05, 4.69) is 35.6 Å². The third-order valence-electron chi connectivity index (χ3n) is 4.37. The molecule has 1 aliphatic rings. The summed E-state index contributed by atoms with van der Waals surface area (Å²) in [4.78, 5) is 12.0. The van der Waals surface area contributed by atoms with E-state index in [4.69, 9.17) is 4.42 Å². The average molecular weight is 329 g/mol. The van der Waals surface area contributed by atoms with Gasteiger partial charge in [0.05, 0.1) is 6.26 Å². The first-order valence-corrected chi connectivity index (χ1v) is 8.51. The number of carbonyl (C=O) groups is 1. The molecule has 3 nitrogen and oxygen atoms in total. The van der Waals surface area contributed by atoms with Crippen molar-refractivity contribution in [3.05, 3.63) is 84.3 Å². The molecule has 0 saturated heterocycles. The SMILES string of the molecule is O=C(/C=C/c1ccco1)Nc1cccc(-c2ccc(C3CC3)cc2)c1. The molecule has 0 aliphatic heterocycles. The molecule has 4 rings (SSSR count). The van der Waals surface area contributed by atoms with Crippen molar-refractivity contribution in [1.29, 1.82) is 0 Å². The Balaban J connectivity index is 1.46. The highest BCUT2D eigenvalue weighted by Gasteiger charge is 2.22.